The Balaban J connectivity index is 1.89. The monoisotopic (exact) mass is 586 g/mol. The highest BCUT2D eigenvalue weighted by Gasteiger charge is 2.23. The van der Waals surface area contributed by atoms with Crippen LogP contribution in [0.4, 0.5) is 0 Å². The molecule has 2 rings (SSSR count). The van der Waals surface area contributed by atoms with E-state index in [1.807, 2.05) is 45.9 Å². The van der Waals surface area contributed by atoms with Gasteiger partial charge >= 0.3 is 0 Å². The van der Waals surface area contributed by atoms with E-state index in [0.717, 1.165) is 5.56 Å². The Hall–Kier alpha value is -1.43. The number of fused-ring (bicyclic) bond motifs is 1. The zero-order chi connectivity index (χ0) is 23.7. The maximum atomic E-state index is 12.8. The van der Waals surface area contributed by atoms with Crippen LogP contribution < -0.4 is 20.7 Å². The van der Waals surface area contributed by atoms with E-state index in [0.29, 0.717) is 18.0 Å². The molecule has 174 valence electrons. The fourth-order valence-corrected chi connectivity index (χ4v) is 4.60. The van der Waals surface area contributed by atoms with Crippen LogP contribution in [0, 0.1) is 0 Å². The Bertz CT molecular complexity index is 944. The summed E-state index contributed by atoms with van der Waals surface area (Å²) in [6.45, 7) is 8.24. The second-order valence-electron chi connectivity index (χ2n) is 8.67. The molecule has 0 saturated carbocycles. The molecule has 9 heteroatoms. The fourth-order valence-electron chi connectivity index (χ4n) is 3.22. The van der Waals surface area contributed by atoms with E-state index < -0.39 is 6.04 Å². The van der Waals surface area contributed by atoms with E-state index in [1.54, 1.807) is 0 Å². The van der Waals surface area contributed by atoms with Gasteiger partial charge in [0.15, 0.2) is 0 Å². The zero-order valence-corrected chi connectivity index (χ0v) is 22.6. The maximum Gasteiger partial charge on any atom is 0.238 e. The Morgan fingerprint density at radius 2 is 1.81 bits per heavy atom. The highest BCUT2D eigenvalue weighted by atomic mass is 127. The number of carbonyl (C=O) groups excluding carboxylic acids is 2. The number of hydrogen-bond donors (Lipinski definition) is 4. The predicted molar refractivity (Wildman–Crippen MR) is 147 cm³/mol. The molecule has 0 radical (unpaired) electrons. The largest absolute Gasteiger partial charge is 0.374 e. The standard InChI is InChI=1S/C23H31IN4O2S2/c1-15(22(31)25-14-17-10-7-9-16-8-5-6-11-18(16)17)26-21(30)19(28-32-24)12-13-20(29)27-23(2,3)4/h5-11,15,19,28H,12-14H2,1-4H3,(H,25,31)(H,26,30)(H,27,29)/t15-,19-/m0/s1. The molecule has 0 bridgehead atoms. The lowest BCUT2D eigenvalue weighted by Crippen LogP contribution is -2.50. The molecule has 0 unspecified atom stereocenters. The molecule has 0 saturated heterocycles. The number of benzene rings is 2. The van der Waals surface area contributed by atoms with Crippen molar-refractivity contribution in [3.63, 3.8) is 0 Å². The average molecular weight is 587 g/mol. The van der Waals surface area contributed by atoms with Crippen LogP contribution in [0.1, 0.15) is 46.1 Å². The molecular formula is C23H31IN4O2S2. The van der Waals surface area contributed by atoms with Crippen LogP contribution in [0.2, 0.25) is 0 Å². The number of rotatable bonds is 10. The number of halogens is 1. The van der Waals surface area contributed by atoms with Gasteiger partial charge in [0.25, 0.3) is 0 Å². The Kier molecular flexibility index (Phi) is 10.7. The third-order valence-electron chi connectivity index (χ3n) is 4.76. The van der Waals surface area contributed by atoms with Crippen molar-refractivity contribution >= 4 is 70.1 Å². The van der Waals surface area contributed by atoms with Gasteiger partial charge in [-0.2, -0.15) is 0 Å². The van der Waals surface area contributed by atoms with Crippen LogP contribution in [-0.2, 0) is 16.1 Å². The van der Waals surface area contributed by atoms with Gasteiger partial charge < -0.3 is 16.0 Å². The molecule has 0 aliphatic heterocycles. The lowest BCUT2D eigenvalue weighted by molar-refractivity contribution is -0.124. The van der Waals surface area contributed by atoms with Crippen molar-refractivity contribution in [2.45, 2.75) is 64.7 Å². The second-order valence-corrected chi connectivity index (χ2v) is 10.8. The summed E-state index contributed by atoms with van der Waals surface area (Å²) in [6, 6.07) is 13.6. The molecule has 0 aliphatic rings. The van der Waals surface area contributed by atoms with Gasteiger partial charge in [0.05, 0.1) is 17.1 Å². The minimum Gasteiger partial charge on any atom is -0.374 e. The molecule has 2 aromatic rings. The summed E-state index contributed by atoms with van der Waals surface area (Å²) < 4.78 is 3.07. The lowest BCUT2D eigenvalue weighted by atomic mass is 10.0. The van der Waals surface area contributed by atoms with Gasteiger partial charge in [-0.25, -0.2) is 4.72 Å². The van der Waals surface area contributed by atoms with Gasteiger partial charge in [0.2, 0.25) is 11.8 Å². The molecule has 4 N–H and O–H groups in total. The highest BCUT2D eigenvalue weighted by molar-refractivity contribution is 14.2. The van der Waals surface area contributed by atoms with Crippen LogP contribution in [0.3, 0.4) is 0 Å². The second kappa shape index (κ2) is 12.7. The van der Waals surface area contributed by atoms with Crippen LogP contribution in [0.5, 0.6) is 0 Å². The van der Waals surface area contributed by atoms with Crippen LogP contribution in [0.25, 0.3) is 10.8 Å². The fraction of sp³-hybridized carbons (Fsp3) is 0.435. The molecule has 0 aromatic heterocycles. The first kappa shape index (κ1) is 26.8. The van der Waals surface area contributed by atoms with Gasteiger partial charge in [-0.15, -0.1) is 0 Å². The van der Waals surface area contributed by atoms with E-state index in [1.165, 1.54) is 19.9 Å². The van der Waals surface area contributed by atoms with Gasteiger partial charge in [-0.05, 0) is 59.6 Å². The molecular weight excluding hydrogens is 555 g/mol. The summed E-state index contributed by atoms with van der Waals surface area (Å²) >= 11 is 7.59. The average Bonchev–Trinajstić information content (AvgIpc) is 2.73. The number of thiocarbonyl (C=S) groups is 1. The Labute approximate surface area is 212 Å². The number of amides is 2. The van der Waals surface area contributed by atoms with Gasteiger partial charge in [-0.3, -0.25) is 9.59 Å². The van der Waals surface area contributed by atoms with Gasteiger partial charge in [-0.1, -0.05) is 54.7 Å². The van der Waals surface area contributed by atoms with Crippen molar-refractivity contribution in [2.24, 2.45) is 0 Å². The topological polar surface area (TPSA) is 82.3 Å². The van der Waals surface area contributed by atoms with Crippen LogP contribution in [-0.4, -0.2) is 34.4 Å². The SMILES string of the molecule is C[C@H](NC(=O)[C@H](CCC(=O)NC(C)(C)C)NSI)C(=S)NCc1cccc2ccccc12. The molecule has 2 aromatic carbocycles. The molecule has 0 spiro atoms. The normalized spacial score (nSPS) is 13.3. The number of nitrogens with one attached hydrogen (secondary N) is 4. The first-order chi connectivity index (χ1) is 15.1. The quantitative estimate of drug-likeness (QED) is 0.188. The molecule has 0 fully saturated rings. The predicted octanol–water partition coefficient (Wildman–Crippen LogP) is 4.41. The summed E-state index contributed by atoms with van der Waals surface area (Å²) in [5.74, 6) is -0.254. The van der Waals surface area contributed by atoms with E-state index in [9.17, 15) is 9.59 Å². The molecule has 2 atom stereocenters. The van der Waals surface area contributed by atoms with E-state index >= 15 is 0 Å². The van der Waals surface area contributed by atoms with E-state index in [4.69, 9.17) is 12.2 Å². The zero-order valence-electron chi connectivity index (χ0n) is 18.8. The van der Waals surface area contributed by atoms with Crippen molar-refractivity contribution in [3.8, 4) is 0 Å². The Morgan fingerprint density at radius 1 is 1.12 bits per heavy atom. The lowest BCUT2D eigenvalue weighted by Gasteiger charge is -2.23. The van der Waals surface area contributed by atoms with Crippen LogP contribution in [0.15, 0.2) is 42.5 Å². The first-order valence-corrected chi connectivity index (χ1v) is 14.3. The molecule has 0 aliphatic carbocycles. The highest BCUT2D eigenvalue weighted by Crippen LogP contribution is 2.18. The number of carbonyl (C=O) groups is 2. The molecule has 32 heavy (non-hydrogen) atoms. The van der Waals surface area contributed by atoms with Crippen molar-refractivity contribution in [3.05, 3.63) is 48.0 Å². The summed E-state index contributed by atoms with van der Waals surface area (Å²) in [7, 11) is 1.33. The van der Waals surface area contributed by atoms with E-state index in [2.05, 4.69) is 66.1 Å². The van der Waals surface area contributed by atoms with Gasteiger partial charge in [0, 0.05) is 39.7 Å². The smallest absolute Gasteiger partial charge is 0.238 e. The van der Waals surface area contributed by atoms with Crippen molar-refractivity contribution in [1.29, 1.82) is 0 Å². The summed E-state index contributed by atoms with van der Waals surface area (Å²) in [6.07, 6.45) is 0.657. The van der Waals surface area contributed by atoms with E-state index in [-0.39, 0.29) is 29.8 Å². The van der Waals surface area contributed by atoms with Gasteiger partial charge in [0.1, 0.15) is 0 Å². The molecule has 0 heterocycles. The van der Waals surface area contributed by atoms with Crippen molar-refractivity contribution in [1.82, 2.24) is 20.7 Å². The molecule has 6 nitrogen and oxygen atoms in total. The third kappa shape index (κ3) is 8.84. The minimum absolute atomic E-state index is 0.0733. The third-order valence-corrected chi connectivity index (χ3v) is 6.40. The summed E-state index contributed by atoms with van der Waals surface area (Å²) in [4.78, 5) is 25.5. The summed E-state index contributed by atoms with van der Waals surface area (Å²) in [5, 5.41) is 11.5. The Morgan fingerprint density at radius 3 is 2.50 bits per heavy atom. The summed E-state index contributed by atoms with van der Waals surface area (Å²) in [5.41, 5.74) is 0.853. The van der Waals surface area contributed by atoms with Crippen molar-refractivity contribution < 1.29 is 9.59 Å². The van der Waals surface area contributed by atoms with Crippen LogP contribution >= 0.6 is 42.5 Å². The number of hydrogen-bond acceptors (Lipinski definition) is 5. The molecule has 2 amide bonds. The first-order valence-electron chi connectivity index (χ1n) is 10.5. The minimum atomic E-state index is -0.495. The van der Waals surface area contributed by atoms with Crippen molar-refractivity contribution in [2.75, 3.05) is 0 Å². The maximum absolute atomic E-state index is 12.8.